The van der Waals surface area contributed by atoms with Gasteiger partial charge in [-0.1, -0.05) is 30.3 Å². The summed E-state index contributed by atoms with van der Waals surface area (Å²) in [6.45, 7) is 1.08. The van der Waals surface area contributed by atoms with Gasteiger partial charge in [0.2, 0.25) is 6.79 Å². The lowest BCUT2D eigenvalue weighted by molar-refractivity contribution is -0.140. The van der Waals surface area contributed by atoms with Crippen molar-refractivity contribution in [3.63, 3.8) is 0 Å². The fraction of sp³-hybridized carbons (Fsp3) is 0.273. The van der Waals surface area contributed by atoms with E-state index in [-0.39, 0.29) is 18.1 Å². The van der Waals surface area contributed by atoms with Crippen molar-refractivity contribution in [3.05, 3.63) is 65.2 Å². The van der Waals surface area contributed by atoms with E-state index in [4.69, 9.17) is 9.47 Å². The Morgan fingerprint density at radius 1 is 1.10 bits per heavy atom. The number of hydrogen-bond acceptors (Lipinski definition) is 6. The van der Waals surface area contributed by atoms with Crippen molar-refractivity contribution >= 4 is 17.4 Å². The lowest BCUT2D eigenvalue weighted by Crippen LogP contribution is -2.35. The number of carbonyl (C=O) groups excluding carboxylic acids is 2. The Kier molecular flexibility index (Phi) is 4.98. The zero-order valence-electron chi connectivity index (χ0n) is 16.3. The lowest BCUT2D eigenvalue weighted by Gasteiger charge is -2.26. The van der Waals surface area contributed by atoms with Crippen LogP contribution >= 0.6 is 0 Å². The fourth-order valence-corrected chi connectivity index (χ4v) is 3.60. The standard InChI is InChI=1S/C22H22N2O5/c1-23(2)10-11-24-19(14-6-4-3-5-7-14)18(21(26)22(24)27)20(25)15-8-9-16-17(12-15)29-13-28-16/h3-9,12,19,25H,10-11,13H2,1-2H3/b20-18+. The van der Waals surface area contributed by atoms with E-state index < -0.39 is 17.7 Å². The first kappa shape index (κ1) is 19.0. The van der Waals surface area contributed by atoms with Crippen LogP contribution in [0, 0.1) is 0 Å². The van der Waals surface area contributed by atoms with E-state index in [0.717, 1.165) is 5.56 Å². The van der Waals surface area contributed by atoms with Crippen LogP contribution in [0.5, 0.6) is 11.5 Å². The molecule has 2 aromatic rings. The van der Waals surface area contributed by atoms with Gasteiger partial charge < -0.3 is 24.4 Å². The SMILES string of the molecule is CN(C)CCN1C(=O)C(=O)/C(=C(/O)c2ccc3c(c2)OCO3)C1c1ccccc1. The van der Waals surface area contributed by atoms with E-state index in [1.807, 2.05) is 49.3 Å². The molecule has 0 saturated carbocycles. The highest BCUT2D eigenvalue weighted by atomic mass is 16.7. The van der Waals surface area contributed by atoms with Gasteiger partial charge in [-0.05, 0) is 37.9 Å². The number of ketones is 1. The second kappa shape index (κ2) is 7.60. The van der Waals surface area contributed by atoms with Gasteiger partial charge in [0, 0.05) is 18.7 Å². The lowest BCUT2D eigenvalue weighted by atomic mass is 9.95. The van der Waals surface area contributed by atoms with E-state index in [1.165, 1.54) is 4.90 Å². The topological polar surface area (TPSA) is 79.3 Å². The molecule has 0 aromatic heterocycles. The minimum absolute atomic E-state index is 0.0822. The number of amides is 1. The minimum Gasteiger partial charge on any atom is -0.507 e. The molecule has 150 valence electrons. The molecule has 0 radical (unpaired) electrons. The molecule has 1 saturated heterocycles. The predicted octanol–water partition coefficient (Wildman–Crippen LogP) is 2.40. The van der Waals surface area contributed by atoms with Crippen LogP contribution in [-0.2, 0) is 9.59 Å². The molecule has 2 aliphatic rings. The maximum atomic E-state index is 12.9. The number of nitrogens with zero attached hydrogens (tertiary/aromatic N) is 2. The summed E-state index contributed by atoms with van der Waals surface area (Å²) in [6.07, 6.45) is 0. The Morgan fingerprint density at radius 2 is 1.83 bits per heavy atom. The van der Waals surface area contributed by atoms with Gasteiger partial charge in [0.25, 0.3) is 11.7 Å². The van der Waals surface area contributed by atoms with Crippen molar-refractivity contribution < 1.29 is 24.2 Å². The zero-order valence-corrected chi connectivity index (χ0v) is 16.3. The molecule has 2 aromatic carbocycles. The van der Waals surface area contributed by atoms with Crippen LogP contribution < -0.4 is 9.47 Å². The number of aliphatic hydroxyl groups is 1. The van der Waals surface area contributed by atoms with E-state index in [1.54, 1.807) is 18.2 Å². The molecular formula is C22H22N2O5. The summed E-state index contributed by atoms with van der Waals surface area (Å²) < 4.78 is 10.7. The number of ether oxygens (including phenoxy) is 2. The molecule has 7 nitrogen and oxygen atoms in total. The number of benzene rings is 2. The van der Waals surface area contributed by atoms with Gasteiger partial charge in [-0.3, -0.25) is 9.59 Å². The van der Waals surface area contributed by atoms with E-state index in [9.17, 15) is 14.7 Å². The number of hydrogen-bond donors (Lipinski definition) is 1. The molecule has 1 atom stereocenters. The number of rotatable bonds is 5. The Morgan fingerprint density at radius 3 is 2.55 bits per heavy atom. The summed E-state index contributed by atoms with van der Waals surface area (Å²) in [4.78, 5) is 29.2. The van der Waals surface area contributed by atoms with E-state index >= 15 is 0 Å². The third-order valence-electron chi connectivity index (χ3n) is 5.09. The van der Waals surface area contributed by atoms with Crippen LogP contribution in [-0.4, -0.2) is 60.6 Å². The molecule has 2 aliphatic heterocycles. The quantitative estimate of drug-likeness (QED) is 0.477. The van der Waals surface area contributed by atoms with Crippen LogP contribution in [0.3, 0.4) is 0 Å². The van der Waals surface area contributed by atoms with Crippen LogP contribution in [0.2, 0.25) is 0 Å². The Hall–Kier alpha value is -3.32. The summed E-state index contributed by atoms with van der Waals surface area (Å²) in [7, 11) is 3.81. The highest BCUT2D eigenvalue weighted by Crippen LogP contribution is 2.41. The van der Waals surface area contributed by atoms with Gasteiger partial charge in [0.05, 0.1) is 11.6 Å². The summed E-state index contributed by atoms with van der Waals surface area (Å²) in [5, 5.41) is 11.0. The number of carbonyl (C=O) groups is 2. The number of likely N-dealkylation sites (N-methyl/N-ethyl adjacent to an activating group) is 1. The van der Waals surface area contributed by atoms with Gasteiger partial charge in [0.1, 0.15) is 5.76 Å². The molecule has 0 bridgehead atoms. The number of likely N-dealkylation sites (tertiary alicyclic amines) is 1. The summed E-state index contributed by atoms with van der Waals surface area (Å²) in [5.74, 6) is -0.446. The molecule has 0 spiro atoms. The highest BCUT2D eigenvalue weighted by molar-refractivity contribution is 6.46. The van der Waals surface area contributed by atoms with Crippen molar-refractivity contribution in [3.8, 4) is 11.5 Å². The maximum absolute atomic E-state index is 12.9. The smallest absolute Gasteiger partial charge is 0.295 e. The first-order chi connectivity index (χ1) is 14.0. The van der Waals surface area contributed by atoms with Gasteiger partial charge in [-0.15, -0.1) is 0 Å². The van der Waals surface area contributed by atoms with Gasteiger partial charge >= 0.3 is 0 Å². The molecule has 1 fully saturated rings. The Labute approximate surface area is 168 Å². The molecule has 1 unspecified atom stereocenters. The van der Waals surface area contributed by atoms with Crippen LogP contribution in [0.25, 0.3) is 5.76 Å². The van der Waals surface area contributed by atoms with Gasteiger partial charge in [0.15, 0.2) is 11.5 Å². The predicted molar refractivity (Wildman–Crippen MR) is 107 cm³/mol. The number of Topliss-reactive ketones (excluding diaryl/α,β-unsaturated/α-hetero) is 1. The molecule has 0 aliphatic carbocycles. The highest BCUT2D eigenvalue weighted by Gasteiger charge is 2.45. The first-order valence-corrected chi connectivity index (χ1v) is 9.35. The molecule has 2 heterocycles. The molecule has 29 heavy (non-hydrogen) atoms. The van der Waals surface area contributed by atoms with Crippen molar-refractivity contribution in [1.82, 2.24) is 9.80 Å². The van der Waals surface area contributed by atoms with Crippen LogP contribution in [0.4, 0.5) is 0 Å². The van der Waals surface area contributed by atoms with Crippen LogP contribution in [0.1, 0.15) is 17.2 Å². The van der Waals surface area contributed by atoms with Crippen molar-refractivity contribution in [1.29, 1.82) is 0 Å². The number of aliphatic hydroxyl groups excluding tert-OH is 1. The second-order valence-corrected chi connectivity index (χ2v) is 7.27. The maximum Gasteiger partial charge on any atom is 0.295 e. The molecule has 7 heteroatoms. The molecule has 1 amide bonds. The Balaban J connectivity index is 1.81. The van der Waals surface area contributed by atoms with Crippen LogP contribution in [0.15, 0.2) is 54.1 Å². The summed E-state index contributed by atoms with van der Waals surface area (Å²) >= 11 is 0. The number of fused-ring (bicyclic) bond motifs is 1. The zero-order chi connectivity index (χ0) is 20.5. The summed E-state index contributed by atoms with van der Waals surface area (Å²) in [6, 6.07) is 13.6. The molecule has 4 rings (SSSR count). The normalized spacial score (nSPS) is 20.0. The molecular weight excluding hydrogens is 372 g/mol. The average molecular weight is 394 g/mol. The first-order valence-electron chi connectivity index (χ1n) is 9.35. The van der Waals surface area contributed by atoms with E-state index in [2.05, 4.69) is 0 Å². The van der Waals surface area contributed by atoms with E-state index in [0.29, 0.717) is 30.2 Å². The summed E-state index contributed by atoms with van der Waals surface area (Å²) in [5.41, 5.74) is 1.26. The second-order valence-electron chi connectivity index (χ2n) is 7.27. The Bertz CT molecular complexity index is 984. The minimum atomic E-state index is -0.687. The monoisotopic (exact) mass is 394 g/mol. The average Bonchev–Trinajstić information content (AvgIpc) is 3.29. The van der Waals surface area contributed by atoms with Crippen molar-refractivity contribution in [2.75, 3.05) is 34.0 Å². The van der Waals surface area contributed by atoms with Crippen molar-refractivity contribution in [2.45, 2.75) is 6.04 Å². The van der Waals surface area contributed by atoms with Gasteiger partial charge in [-0.2, -0.15) is 0 Å². The third kappa shape index (κ3) is 3.45. The fourth-order valence-electron chi connectivity index (χ4n) is 3.60. The molecule has 1 N–H and O–H groups in total. The largest absolute Gasteiger partial charge is 0.507 e. The third-order valence-corrected chi connectivity index (χ3v) is 5.09. The van der Waals surface area contributed by atoms with Gasteiger partial charge in [-0.25, -0.2) is 0 Å². The van der Waals surface area contributed by atoms with Crippen molar-refractivity contribution in [2.24, 2.45) is 0 Å².